The molecule has 112 valence electrons. The molecule has 2 aromatic rings. The normalized spacial score (nSPS) is 12.2. The van der Waals surface area contributed by atoms with E-state index >= 15 is 0 Å². The molecule has 0 aliphatic heterocycles. The molecule has 0 aliphatic rings. The molecule has 1 atom stereocenters. The van der Waals surface area contributed by atoms with Crippen LogP contribution in [-0.2, 0) is 0 Å². The highest BCUT2D eigenvalue weighted by Crippen LogP contribution is 2.33. The maximum absolute atomic E-state index is 6.15. The van der Waals surface area contributed by atoms with Gasteiger partial charge in [0.15, 0.2) is 0 Å². The van der Waals surface area contributed by atoms with Crippen molar-refractivity contribution in [1.29, 1.82) is 0 Å². The number of halogens is 2. The Hall–Kier alpha value is -1.03. The number of ether oxygens (including phenoxy) is 1. The predicted molar refractivity (Wildman–Crippen MR) is 92.4 cm³/mol. The van der Waals surface area contributed by atoms with Crippen LogP contribution >= 0.6 is 27.5 Å². The summed E-state index contributed by atoms with van der Waals surface area (Å²) in [5, 5.41) is 4.11. The second-order valence-electron chi connectivity index (χ2n) is 4.84. The Morgan fingerprint density at radius 3 is 2.57 bits per heavy atom. The van der Waals surface area contributed by atoms with E-state index in [0.717, 1.165) is 20.8 Å². The van der Waals surface area contributed by atoms with Gasteiger partial charge in [0.1, 0.15) is 5.75 Å². The zero-order valence-electron chi connectivity index (χ0n) is 12.4. The van der Waals surface area contributed by atoms with E-state index in [1.165, 1.54) is 11.1 Å². The van der Waals surface area contributed by atoms with Gasteiger partial charge in [-0.3, -0.25) is 0 Å². The van der Waals surface area contributed by atoms with Crippen LogP contribution in [0.3, 0.4) is 0 Å². The minimum atomic E-state index is 0.0775. The van der Waals surface area contributed by atoms with Crippen LogP contribution in [0.25, 0.3) is 0 Å². The van der Waals surface area contributed by atoms with Gasteiger partial charge in [-0.1, -0.05) is 39.7 Å². The zero-order valence-corrected chi connectivity index (χ0v) is 14.8. The molecule has 4 heteroatoms. The Morgan fingerprint density at radius 2 is 1.95 bits per heavy atom. The number of aryl methyl sites for hydroxylation is 1. The van der Waals surface area contributed by atoms with Crippen LogP contribution < -0.4 is 10.1 Å². The van der Waals surface area contributed by atoms with Crippen LogP contribution in [0.15, 0.2) is 40.9 Å². The average molecular weight is 369 g/mol. The Balaban J connectivity index is 2.44. The van der Waals surface area contributed by atoms with Gasteiger partial charge in [0, 0.05) is 9.50 Å². The van der Waals surface area contributed by atoms with Crippen LogP contribution in [0.5, 0.6) is 5.75 Å². The number of hydrogen-bond acceptors (Lipinski definition) is 2. The monoisotopic (exact) mass is 367 g/mol. The molecule has 0 bridgehead atoms. The lowest BCUT2D eigenvalue weighted by Crippen LogP contribution is -2.19. The molecule has 2 aromatic carbocycles. The second kappa shape index (κ2) is 7.30. The first-order valence-corrected chi connectivity index (χ1v) is 8.09. The molecule has 0 radical (unpaired) electrons. The lowest BCUT2D eigenvalue weighted by atomic mass is 9.95. The summed E-state index contributed by atoms with van der Waals surface area (Å²) in [7, 11) is 1.95. The first kappa shape index (κ1) is 16.3. The van der Waals surface area contributed by atoms with Crippen LogP contribution in [0.1, 0.15) is 29.7 Å². The number of rotatable bonds is 5. The summed E-state index contributed by atoms with van der Waals surface area (Å²) in [6.07, 6.45) is 0. The average Bonchev–Trinajstić information content (AvgIpc) is 2.46. The maximum atomic E-state index is 6.15. The predicted octanol–water partition coefficient (Wildman–Crippen LogP) is 5.12. The van der Waals surface area contributed by atoms with Crippen LogP contribution in [0.4, 0.5) is 0 Å². The summed E-state index contributed by atoms with van der Waals surface area (Å²) in [6.45, 7) is 4.74. The fourth-order valence-corrected chi connectivity index (χ4v) is 3.17. The van der Waals surface area contributed by atoms with Gasteiger partial charge in [-0.15, -0.1) is 0 Å². The summed E-state index contributed by atoms with van der Waals surface area (Å²) < 4.78 is 6.55. The molecule has 0 saturated heterocycles. The van der Waals surface area contributed by atoms with Crippen molar-refractivity contribution in [3.05, 3.63) is 62.6 Å². The van der Waals surface area contributed by atoms with E-state index in [4.69, 9.17) is 16.3 Å². The third-order valence-corrected chi connectivity index (χ3v) is 4.36. The van der Waals surface area contributed by atoms with Crippen LogP contribution in [-0.4, -0.2) is 13.7 Å². The molecule has 2 nitrogen and oxygen atoms in total. The van der Waals surface area contributed by atoms with Gasteiger partial charge in [0.2, 0.25) is 0 Å². The lowest BCUT2D eigenvalue weighted by molar-refractivity contribution is 0.340. The Labute approximate surface area is 139 Å². The smallest absolute Gasteiger partial charge is 0.120 e. The van der Waals surface area contributed by atoms with Gasteiger partial charge in [0.05, 0.1) is 12.6 Å². The Kier molecular flexibility index (Phi) is 5.68. The summed E-state index contributed by atoms with van der Waals surface area (Å²) >= 11 is 9.80. The molecule has 0 aliphatic carbocycles. The summed E-state index contributed by atoms with van der Waals surface area (Å²) in [6, 6.07) is 12.1. The first-order chi connectivity index (χ1) is 10.1. The molecule has 0 fully saturated rings. The van der Waals surface area contributed by atoms with Crippen molar-refractivity contribution in [2.45, 2.75) is 19.9 Å². The van der Waals surface area contributed by atoms with E-state index in [-0.39, 0.29) is 6.04 Å². The van der Waals surface area contributed by atoms with Gasteiger partial charge in [-0.05, 0) is 61.9 Å². The quantitative estimate of drug-likeness (QED) is 0.791. The molecule has 0 aromatic heterocycles. The van der Waals surface area contributed by atoms with E-state index in [0.29, 0.717) is 6.61 Å². The molecule has 1 unspecified atom stereocenters. The summed E-state index contributed by atoms with van der Waals surface area (Å²) in [5.41, 5.74) is 3.54. The van der Waals surface area contributed by atoms with Gasteiger partial charge >= 0.3 is 0 Å². The van der Waals surface area contributed by atoms with Gasteiger partial charge in [-0.25, -0.2) is 0 Å². The van der Waals surface area contributed by atoms with Crippen molar-refractivity contribution < 1.29 is 4.74 Å². The van der Waals surface area contributed by atoms with Crippen molar-refractivity contribution in [3.8, 4) is 5.75 Å². The summed E-state index contributed by atoms with van der Waals surface area (Å²) in [4.78, 5) is 0. The van der Waals surface area contributed by atoms with E-state index in [1.54, 1.807) is 0 Å². The molecule has 21 heavy (non-hydrogen) atoms. The molecular weight excluding hydrogens is 350 g/mol. The van der Waals surface area contributed by atoms with Gasteiger partial charge in [-0.2, -0.15) is 0 Å². The number of hydrogen-bond donors (Lipinski definition) is 1. The first-order valence-electron chi connectivity index (χ1n) is 6.92. The molecule has 0 spiro atoms. The highest BCUT2D eigenvalue weighted by Gasteiger charge is 2.17. The molecule has 0 amide bonds. The van der Waals surface area contributed by atoms with Crippen LogP contribution in [0.2, 0.25) is 5.02 Å². The Morgan fingerprint density at radius 1 is 1.19 bits per heavy atom. The van der Waals surface area contributed by atoms with Gasteiger partial charge in [0.25, 0.3) is 0 Å². The molecular formula is C17H19BrClNO. The van der Waals surface area contributed by atoms with E-state index < -0.39 is 0 Å². The third kappa shape index (κ3) is 3.79. The van der Waals surface area contributed by atoms with Crippen molar-refractivity contribution in [2.24, 2.45) is 0 Å². The molecule has 2 rings (SSSR count). The van der Waals surface area contributed by atoms with Crippen molar-refractivity contribution in [2.75, 3.05) is 13.7 Å². The minimum Gasteiger partial charge on any atom is -0.494 e. The zero-order chi connectivity index (χ0) is 15.4. The fourth-order valence-electron chi connectivity index (χ4n) is 2.40. The SMILES string of the molecule is CCOc1ccc(C(NC)c2cc(Cl)ccc2C)c(Br)c1. The van der Waals surface area contributed by atoms with Crippen LogP contribution in [0, 0.1) is 6.92 Å². The highest BCUT2D eigenvalue weighted by atomic mass is 79.9. The van der Waals surface area contributed by atoms with E-state index in [9.17, 15) is 0 Å². The van der Waals surface area contributed by atoms with Gasteiger partial charge < -0.3 is 10.1 Å². The van der Waals surface area contributed by atoms with E-state index in [2.05, 4.69) is 34.2 Å². The van der Waals surface area contributed by atoms with Crippen molar-refractivity contribution >= 4 is 27.5 Å². The standard InChI is InChI=1S/C17H19BrClNO/c1-4-21-13-7-8-14(16(18)10-13)17(20-3)15-9-12(19)6-5-11(15)2/h5-10,17,20H,4H2,1-3H3. The third-order valence-electron chi connectivity index (χ3n) is 3.43. The maximum Gasteiger partial charge on any atom is 0.120 e. The van der Waals surface area contributed by atoms with Crippen molar-refractivity contribution in [3.63, 3.8) is 0 Å². The van der Waals surface area contributed by atoms with Crippen molar-refractivity contribution in [1.82, 2.24) is 5.32 Å². The van der Waals surface area contributed by atoms with E-state index in [1.807, 2.05) is 44.3 Å². The highest BCUT2D eigenvalue weighted by molar-refractivity contribution is 9.10. The number of benzene rings is 2. The Bertz CT molecular complexity index is 630. The molecule has 1 N–H and O–H groups in total. The molecule has 0 saturated carbocycles. The molecule has 0 heterocycles. The minimum absolute atomic E-state index is 0.0775. The fraction of sp³-hybridized carbons (Fsp3) is 0.294. The lowest BCUT2D eigenvalue weighted by Gasteiger charge is -2.21. The number of nitrogens with one attached hydrogen (secondary N) is 1. The summed E-state index contributed by atoms with van der Waals surface area (Å²) in [5.74, 6) is 0.866. The topological polar surface area (TPSA) is 21.3 Å². The second-order valence-corrected chi connectivity index (χ2v) is 6.13. The largest absolute Gasteiger partial charge is 0.494 e.